The van der Waals surface area contributed by atoms with Crippen LogP contribution in [-0.2, 0) is 0 Å². The lowest BCUT2D eigenvalue weighted by atomic mass is 9.98. The number of hydrogen-bond acceptors (Lipinski definition) is 3. The van der Waals surface area contributed by atoms with Crippen LogP contribution in [0.2, 0.25) is 0 Å². The van der Waals surface area contributed by atoms with Crippen molar-refractivity contribution in [2.75, 3.05) is 13.6 Å². The fraction of sp³-hybridized carbons (Fsp3) is 0.538. The van der Waals surface area contributed by atoms with Gasteiger partial charge in [0, 0.05) is 24.8 Å². The summed E-state index contributed by atoms with van der Waals surface area (Å²) in [7, 11) is 2.07. The van der Waals surface area contributed by atoms with E-state index in [0.29, 0.717) is 6.04 Å². The van der Waals surface area contributed by atoms with Gasteiger partial charge in [0.2, 0.25) is 5.95 Å². The third kappa shape index (κ3) is 2.85. The van der Waals surface area contributed by atoms with E-state index < -0.39 is 5.95 Å². The van der Waals surface area contributed by atoms with Gasteiger partial charge in [-0.1, -0.05) is 0 Å². The summed E-state index contributed by atoms with van der Waals surface area (Å²) in [5.41, 5.74) is 0.0177. The number of likely N-dealkylation sites (tertiary alicyclic amines) is 1. The van der Waals surface area contributed by atoms with Crippen LogP contribution in [0.15, 0.2) is 18.3 Å². The van der Waals surface area contributed by atoms with Gasteiger partial charge in [0.15, 0.2) is 0 Å². The van der Waals surface area contributed by atoms with E-state index in [9.17, 15) is 9.18 Å². The molecule has 1 saturated heterocycles. The van der Waals surface area contributed by atoms with Gasteiger partial charge < -0.3 is 10.2 Å². The Kier molecular flexibility index (Phi) is 3.91. The highest BCUT2D eigenvalue weighted by Crippen LogP contribution is 2.16. The largest absolute Gasteiger partial charge is 0.349 e. The zero-order valence-corrected chi connectivity index (χ0v) is 10.7. The summed E-state index contributed by atoms with van der Waals surface area (Å²) in [4.78, 5) is 17.7. The van der Waals surface area contributed by atoms with Crippen molar-refractivity contribution in [1.29, 1.82) is 0 Å². The van der Waals surface area contributed by atoms with Gasteiger partial charge in [0.25, 0.3) is 5.91 Å². The average molecular weight is 251 g/mol. The van der Waals surface area contributed by atoms with E-state index in [1.165, 1.54) is 12.3 Å². The third-order valence-electron chi connectivity index (χ3n) is 3.55. The van der Waals surface area contributed by atoms with Crippen molar-refractivity contribution in [2.24, 2.45) is 0 Å². The zero-order valence-electron chi connectivity index (χ0n) is 10.7. The quantitative estimate of drug-likeness (QED) is 0.809. The van der Waals surface area contributed by atoms with Gasteiger partial charge in [-0.15, -0.1) is 0 Å². The van der Waals surface area contributed by atoms with E-state index in [1.807, 2.05) is 0 Å². The zero-order chi connectivity index (χ0) is 13.1. The van der Waals surface area contributed by atoms with Gasteiger partial charge in [-0.05, 0) is 38.9 Å². The molecule has 1 fully saturated rings. The molecule has 0 aromatic carbocycles. The van der Waals surface area contributed by atoms with Crippen LogP contribution >= 0.6 is 0 Å². The van der Waals surface area contributed by atoms with E-state index >= 15 is 0 Å². The molecule has 18 heavy (non-hydrogen) atoms. The maximum atomic E-state index is 13.4. The van der Waals surface area contributed by atoms with Crippen molar-refractivity contribution in [2.45, 2.75) is 31.8 Å². The average Bonchev–Trinajstić information content (AvgIpc) is 2.34. The van der Waals surface area contributed by atoms with Gasteiger partial charge in [-0.25, -0.2) is 4.98 Å². The predicted octanol–water partition coefficient (Wildman–Crippen LogP) is 1.43. The summed E-state index contributed by atoms with van der Waals surface area (Å²) in [6.07, 6.45) is 3.13. The number of amides is 1. The summed E-state index contributed by atoms with van der Waals surface area (Å²) < 4.78 is 13.4. The van der Waals surface area contributed by atoms with E-state index in [-0.39, 0.29) is 17.5 Å². The van der Waals surface area contributed by atoms with Crippen LogP contribution in [0.4, 0.5) is 4.39 Å². The maximum absolute atomic E-state index is 13.4. The molecule has 0 aliphatic carbocycles. The Bertz CT molecular complexity index is 438. The van der Waals surface area contributed by atoms with Crippen LogP contribution in [0.5, 0.6) is 0 Å². The lowest BCUT2D eigenvalue weighted by Crippen LogP contribution is -2.47. The Morgan fingerprint density at radius 1 is 1.61 bits per heavy atom. The topological polar surface area (TPSA) is 45.2 Å². The highest BCUT2D eigenvalue weighted by Gasteiger charge is 2.25. The first kappa shape index (κ1) is 13.0. The fourth-order valence-electron chi connectivity index (χ4n) is 2.24. The van der Waals surface area contributed by atoms with Crippen LogP contribution in [0.1, 0.15) is 30.1 Å². The first-order valence-electron chi connectivity index (χ1n) is 6.19. The molecule has 0 spiro atoms. The van der Waals surface area contributed by atoms with Crippen LogP contribution < -0.4 is 5.32 Å². The molecule has 2 rings (SSSR count). The highest BCUT2D eigenvalue weighted by molar-refractivity contribution is 5.94. The molecule has 1 aliphatic rings. The fourth-order valence-corrected chi connectivity index (χ4v) is 2.24. The minimum absolute atomic E-state index is 0.0177. The van der Waals surface area contributed by atoms with Gasteiger partial charge in [0.05, 0.1) is 5.56 Å². The van der Waals surface area contributed by atoms with Crippen molar-refractivity contribution >= 4 is 5.91 Å². The minimum Gasteiger partial charge on any atom is -0.349 e. The molecule has 0 saturated carbocycles. The monoisotopic (exact) mass is 251 g/mol. The van der Waals surface area contributed by atoms with Crippen molar-refractivity contribution in [1.82, 2.24) is 15.2 Å². The number of piperidine rings is 1. The number of nitrogens with one attached hydrogen (secondary N) is 1. The smallest absolute Gasteiger partial charge is 0.256 e. The van der Waals surface area contributed by atoms with Gasteiger partial charge >= 0.3 is 0 Å². The Hall–Kier alpha value is -1.49. The second-order valence-corrected chi connectivity index (χ2v) is 4.87. The molecule has 2 atom stereocenters. The molecule has 2 unspecified atom stereocenters. The molecular formula is C13H18FN3O. The van der Waals surface area contributed by atoms with Crippen LogP contribution in [0.3, 0.4) is 0 Å². The second-order valence-electron chi connectivity index (χ2n) is 4.87. The van der Waals surface area contributed by atoms with Gasteiger partial charge in [0.1, 0.15) is 0 Å². The number of halogens is 1. The highest BCUT2D eigenvalue weighted by atomic mass is 19.1. The first-order chi connectivity index (χ1) is 8.58. The normalized spacial score (nSPS) is 24.8. The number of hydrogen-bond donors (Lipinski definition) is 1. The molecule has 1 aliphatic heterocycles. The molecular weight excluding hydrogens is 233 g/mol. The van der Waals surface area contributed by atoms with Crippen LogP contribution in [0.25, 0.3) is 0 Å². The number of carbonyl (C=O) groups excluding carboxylic acids is 1. The number of nitrogens with zero attached hydrogens (tertiary/aromatic N) is 2. The molecule has 0 radical (unpaired) electrons. The lowest BCUT2D eigenvalue weighted by Gasteiger charge is -2.35. The summed E-state index contributed by atoms with van der Waals surface area (Å²) >= 11 is 0. The van der Waals surface area contributed by atoms with Gasteiger partial charge in [-0.2, -0.15) is 4.39 Å². The third-order valence-corrected chi connectivity index (χ3v) is 3.55. The first-order valence-corrected chi connectivity index (χ1v) is 6.19. The Balaban J connectivity index is 1.98. The van der Waals surface area contributed by atoms with E-state index in [2.05, 4.69) is 29.2 Å². The van der Waals surface area contributed by atoms with E-state index in [4.69, 9.17) is 0 Å². The number of carbonyl (C=O) groups is 1. The molecule has 98 valence electrons. The summed E-state index contributed by atoms with van der Waals surface area (Å²) in [6.45, 7) is 3.07. The second kappa shape index (κ2) is 5.44. The Morgan fingerprint density at radius 3 is 3.06 bits per heavy atom. The number of aromatic nitrogens is 1. The van der Waals surface area contributed by atoms with Crippen LogP contribution in [-0.4, -0.2) is 41.5 Å². The van der Waals surface area contributed by atoms with Gasteiger partial charge in [-0.3, -0.25) is 4.79 Å². The molecule has 1 aromatic rings. The maximum Gasteiger partial charge on any atom is 0.256 e. The van der Waals surface area contributed by atoms with Crippen molar-refractivity contribution < 1.29 is 9.18 Å². The van der Waals surface area contributed by atoms with Crippen LogP contribution in [0, 0.1) is 5.95 Å². The number of rotatable bonds is 2. The van der Waals surface area contributed by atoms with E-state index in [0.717, 1.165) is 19.4 Å². The summed E-state index contributed by atoms with van der Waals surface area (Å²) in [6, 6.07) is 3.57. The minimum atomic E-state index is -0.712. The molecule has 1 N–H and O–H groups in total. The predicted molar refractivity (Wildman–Crippen MR) is 66.8 cm³/mol. The van der Waals surface area contributed by atoms with Crippen molar-refractivity contribution in [3.63, 3.8) is 0 Å². The molecule has 1 amide bonds. The summed E-state index contributed by atoms with van der Waals surface area (Å²) in [5, 5.41) is 2.88. The SMILES string of the molecule is CC1CC(NC(=O)c2cccnc2F)CCN1C. The Labute approximate surface area is 106 Å². The molecule has 2 heterocycles. The van der Waals surface area contributed by atoms with Crippen molar-refractivity contribution in [3.8, 4) is 0 Å². The lowest BCUT2D eigenvalue weighted by molar-refractivity contribution is 0.0891. The Morgan fingerprint density at radius 2 is 2.39 bits per heavy atom. The standard InChI is InChI=1S/C13H18FN3O/c1-9-8-10(5-7-17(9)2)16-13(18)11-4-3-6-15-12(11)14/h3-4,6,9-10H,5,7-8H2,1-2H3,(H,16,18). The van der Waals surface area contributed by atoms with E-state index in [1.54, 1.807) is 6.07 Å². The molecule has 1 aromatic heterocycles. The molecule has 0 bridgehead atoms. The molecule has 5 heteroatoms. The summed E-state index contributed by atoms with van der Waals surface area (Å²) in [5.74, 6) is -1.08. The molecule has 4 nitrogen and oxygen atoms in total. The number of pyridine rings is 1. The van der Waals surface area contributed by atoms with Crippen molar-refractivity contribution in [3.05, 3.63) is 29.8 Å².